The highest BCUT2D eigenvalue weighted by atomic mass is 32.1. The zero-order chi connectivity index (χ0) is 24.3. The van der Waals surface area contributed by atoms with Gasteiger partial charge in [-0.15, -0.1) is 0 Å². The second-order valence-corrected chi connectivity index (χ2v) is 7.38. The van der Waals surface area contributed by atoms with Crippen LogP contribution in [0.3, 0.4) is 0 Å². The second-order valence-electron chi connectivity index (χ2n) is 6.94. The molecule has 1 heterocycles. The molecule has 2 unspecified atom stereocenters. The number of hydrogen-bond donors (Lipinski definition) is 2. The fraction of sp³-hybridized carbons (Fsp3) is 0.391. The van der Waals surface area contributed by atoms with Crippen LogP contribution in [0.25, 0.3) is 0 Å². The van der Waals surface area contributed by atoms with Gasteiger partial charge < -0.3 is 10.5 Å². The van der Waals surface area contributed by atoms with Gasteiger partial charge in [-0.25, -0.2) is 18.2 Å². The number of allylic oxidation sites excluding steroid dienone is 4. The number of nitrogens with zero attached hydrogens (tertiary/aromatic N) is 1. The van der Waals surface area contributed by atoms with E-state index in [4.69, 9.17) is 22.7 Å². The molecule has 2 rings (SSSR count). The molecular formula is C23H30F3N3O2S. The minimum Gasteiger partial charge on any atom is -0.490 e. The molecule has 176 valence electrons. The van der Waals surface area contributed by atoms with E-state index in [0.29, 0.717) is 24.9 Å². The number of hydrazine groups is 1. The molecule has 5 nitrogen and oxygen atoms in total. The molecule has 0 aromatic heterocycles. The Hall–Kier alpha value is -2.65. The second kappa shape index (κ2) is 13.7. The quantitative estimate of drug-likeness (QED) is 0.259. The fourth-order valence-electron chi connectivity index (χ4n) is 3.13. The van der Waals surface area contributed by atoms with Gasteiger partial charge in [-0.1, -0.05) is 43.9 Å². The highest BCUT2D eigenvalue weighted by Gasteiger charge is 2.38. The fourth-order valence-corrected chi connectivity index (χ4v) is 3.35. The zero-order valence-electron chi connectivity index (χ0n) is 18.5. The average Bonchev–Trinajstić information content (AvgIpc) is 2.77. The molecule has 3 N–H and O–H groups in total. The van der Waals surface area contributed by atoms with Crippen LogP contribution in [0.1, 0.15) is 45.2 Å². The average molecular weight is 470 g/mol. The number of amides is 1. The van der Waals surface area contributed by atoms with Crippen LogP contribution in [0.15, 0.2) is 54.7 Å². The van der Waals surface area contributed by atoms with E-state index in [1.165, 1.54) is 24.1 Å². The molecule has 9 heteroatoms. The van der Waals surface area contributed by atoms with Gasteiger partial charge in [0, 0.05) is 24.5 Å². The number of carbonyl (C=O) groups is 1. The van der Waals surface area contributed by atoms with Crippen molar-refractivity contribution in [1.82, 2.24) is 10.4 Å². The van der Waals surface area contributed by atoms with Gasteiger partial charge in [0.25, 0.3) is 0 Å². The Kier molecular flexibility index (Phi) is 11.7. The minimum absolute atomic E-state index is 0.00598. The number of rotatable bonds is 6. The zero-order valence-corrected chi connectivity index (χ0v) is 19.4. The number of halogens is 3. The summed E-state index contributed by atoms with van der Waals surface area (Å²) in [4.78, 5) is 12.3. The Morgan fingerprint density at radius 1 is 1.44 bits per heavy atom. The minimum atomic E-state index is -0.636. The molecule has 1 amide bonds. The van der Waals surface area contributed by atoms with Crippen molar-refractivity contribution in [2.75, 3.05) is 13.2 Å². The maximum atomic E-state index is 14.1. The van der Waals surface area contributed by atoms with Crippen molar-refractivity contribution in [3.8, 4) is 5.75 Å². The Morgan fingerprint density at radius 2 is 2.12 bits per heavy atom. The normalized spacial score (nSPS) is 17.8. The van der Waals surface area contributed by atoms with Crippen LogP contribution in [0.5, 0.6) is 5.75 Å². The monoisotopic (exact) mass is 469 g/mol. The number of carbonyl (C=O) groups excluding carboxylic acids is 1. The number of thiocarbonyl (C=S) groups is 1. The summed E-state index contributed by atoms with van der Waals surface area (Å²) in [6, 6.07) is 3.96. The van der Waals surface area contributed by atoms with Gasteiger partial charge in [0.1, 0.15) is 10.8 Å². The van der Waals surface area contributed by atoms with E-state index in [9.17, 15) is 18.0 Å². The molecular weight excluding hydrogens is 439 g/mol. The van der Waals surface area contributed by atoms with Gasteiger partial charge in [-0.2, -0.15) is 0 Å². The summed E-state index contributed by atoms with van der Waals surface area (Å²) in [6.45, 7) is 8.71. The lowest BCUT2D eigenvalue weighted by Gasteiger charge is -2.40. The lowest BCUT2D eigenvalue weighted by molar-refractivity contribution is -0.135. The van der Waals surface area contributed by atoms with E-state index < -0.39 is 17.7 Å². The summed E-state index contributed by atoms with van der Waals surface area (Å²) in [5.41, 5.74) is 8.92. The third-order valence-corrected chi connectivity index (χ3v) is 4.91. The van der Waals surface area contributed by atoms with Gasteiger partial charge in [0.05, 0.1) is 18.5 Å². The molecule has 1 aliphatic heterocycles. The van der Waals surface area contributed by atoms with Crippen molar-refractivity contribution in [2.24, 2.45) is 11.7 Å². The SMILES string of the molecule is C/C=C(/F)CC.C=C/C(F)=C/C(=S)NN(C(C)=O)C1c2cccc(F)c2OCC1CCN. The van der Waals surface area contributed by atoms with Crippen molar-refractivity contribution in [2.45, 2.75) is 39.7 Å². The van der Waals surface area contributed by atoms with Crippen LogP contribution in [0.4, 0.5) is 13.2 Å². The number of benzene rings is 1. The summed E-state index contributed by atoms with van der Waals surface area (Å²) in [7, 11) is 0. The van der Waals surface area contributed by atoms with Crippen molar-refractivity contribution >= 4 is 23.1 Å². The lowest BCUT2D eigenvalue weighted by Crippen LogP contribution is -2.50. The topological polar surface area (TPSA) is 67.6 Å². The Balaban J connectivity index is 0.000000751. The first-order valence-corrected chi connectivity index (χ1v) is 10.6. The van der Waals surface area contributed by atoms with Crippen LogP contribution < -0.4 is 15.9 Å². The van der Waals surface area contributed by atoms with Crippen LogP contribution in [0, 0.1) is 11.7 Å². The van der Waals surface area contributed by atoms with Crippen molar-refractivity contribution < 1.29 is 22.7 Å². The first kappa shape index (κ1) is 27.4. The molecule has 0 spiro atoms. The largest absolute Gasteiger partial charge is 0.490 e. The van der Waals surface area contributed by atoms with Crippen molar-refractivity contribution in [1.29, 1.82) is 0 Å². The first-order chi connectivity index (χ1) is 15.2. The molecule has 0 bridgehead atoms. The van der Waals surface area contributed by atoms with Gasteiger partial charge in [0.15, 0.2) is 11.6 Å². The summed E-state index contributed by atoms with van der Waals surface area (Å²) < 4.78 is 44.8. The Labute approximate surface area is 192 Å². The van der Waals surface area contributed by atoms with E-state index >= 15 is 0 Å². The molecule has 1 aromatic carbocycles. The third kappa shape index (κ3) is 7.80. The van der Waals surface area contributed by atoms with Crippen LogP contribution in [0.2, 0.25) is 0 Å². The molecule has 0 saturated carbocycles. The van der Waals surface area contributed by atoms with Gasteiger partial charge in [-0.05, 0) is 38.5 Å². The number of hydrogen-bond acceptors (Lipinski definition) is 4. The maximum Gasteiger partial charge on any atom is 0.238 e. The summed E-state index contributed by atoms with van der Waals surface area (Å²) in [5, 5.41) is 1.27. The summed E-state index contributed by atoms with van der Waals surface area (Å²) in [5.74, 6) is -1.62. The predicted octanol–water partition coefficient (Wildman–Crippen LogP) is 5.21. The predicted molar refractivity (Wildman–Crippen MR) is 125 cm³/mol. The van der Waals surface area contributed by atoms with E-state index in [1.54, 1.807) is 26.0 Å². The van der Waals surface area contributed by atoms with E-state index in [2.05, 4.69) is 12.0 Å². The molecule has 0 saturated heterocycles. The maximum absolute atomic E-state index is 14.1. The van der Waals surface area contributed by atoms with Crippen LogP contribution in [-0.2, 0) is 4.79 Å². The number of para-hydroxylation sites is 1. The Bertz CT molecular complexity index is 874. The first-order valence-electron chi connectivity index (χ1n) is 10.2. The highest BCUT2D eigenvalue weighted by Crippen LogP contribution is 2.41. The standard InChI is InChI=1S/C18H21F2N3O2S.C5H9F/c1-3-13(19)9-16(26)22-23(11(2)24)17-12(7-8-21)10-25-18-14(17)5-4-6-15(18)20;1-3-5(6)4-2/h3-6,9,12,17H,1,7-8,10,21H2,2H3,(H,22,26);3H,4H2,1-2H3/b13-9-;5-3+. The molecule has 0 aliphatic carbocycles. The van der Waals surface area contributed by atoms with Gasteiger partial charge in [0.2, 0.25) is 5.91 Å². The van der Waals surface area contributed by atoms with Crippen LogP contribution >= 0.6 is 12.2 Å². The number of fused-ring (bicyclic) bond motifs is 1. The number of ether oxygens (including phenoxy) is 1. The third-order valence-electron chi connectivity index (χ3n) is 4.70. The summed E-state index contributed by atoms with van der Waals surface area (Å²) >= 11 is 5.09. The number of nitrogens with two attached hydrogens (primary N) is 1. The number of nitrogens with one attached hydrogen (secondary N) is 1. The summed E-state index contributed by atoms with van der Waals surface area (Å²) in [6.07, 6.45) is 4.59. The van der Waals surface area contributed by atoms with E-state index in [-0.39, 0.29) is 35.0 Å². The lowest BCUT2D eigenvalue weighted by atomic mass is 9.87. The van der Waals surface area contributed by atoms with E-state index in [0.717, 1.165) is 12.2 Å². The molecule has 0 radical (unpaired) electrons. The Morgan fingerprint density at radius 3 is 2.62 bits per heavy atom. The van der Waals surface area contributed by atoms with Crippen molar-refractivity contribution in [3.05, 3.63) is 66.0 Å². The smallest absolute Gasteiger partial charge is 0.238 e. The van der Waals surface area contributed by atoms with Crippen molar-refractivity contribution in [3.63, 3.8) is 0 Å². The molecule has 2 atom stereocenters. The van der Waals surface area contributed by atoms with Crippen LogP contribution in [-0.4, -0.2) is 29.1 Å². The van der Waals surface area contributed by atoms with E-state index in [1.807, 2.05) is 0 Å². The molecule has 1 aliphatic rings. The molecule has 32 heavy (non-hydrogen) atoms. The molecule has 1 aromatic rings. The highest BCUT2D eigenvalue weighted by molar-refractivity contribution is 7.80. The van der Waals surface area contributed by atoms with Gasteiger partial charge >= 0.3 is 0 Å². The van der Waals surface area contributed by atoms with Gasteiger partial charge in [-0.3, -0.25) is 10.2 Å². The molecule has 0 fully saturated rings.